The van der Waals surface area contributed by atoms with Crippen molar-refractivity contribution < 1.29 is 10.2 Å². The van der Waals surface area contributed by atoms with Crippen molar-refractivity contribution in [3.8, 4) is 23.7 Å². The third-order valence-corrected chi connectivity index (χ3v) is 5.66. The van der Waals surface area contributed by atoms with Gasteiger partial charge in [-0.25, -0.2) is 0 Å². The molecular formula is C34H28O2. The Bertz CT molecular complexity index is 1300. The molecule has 0 atom stereocenters. The van der Waals surface area contributed by atoms with Gasteiger partial charge in [0.1, 0.15) is 0 Å². The Morgan fingerprint density at radius 2 is 0.778 bits per heavy atom. The Hall–Kier alpha value is -4.34. The third-order valence-electron chi connectivity index (χ3n) is 5.66. The summed E-state index contributed by atoms with van der Waals surface area (Å²) in [6.45, 7) is 0.135. The van der Waals surface area contributed by atoms with Crippen LogP contribution >= 0.6 is 0 Å². The molecule has 2 N–H and O–H groups in total. The Kier molecular flexibility index (Phi) is 8.90. The molecule has 4 rings (SSSR count). The van der Waals surface area contributed by atoms with Crippen molar-refractivity contribution in [2.24, 2.45) is 0 Å². The van der Waals surface area contributed by atoms with Crippen LogP contribution in [0.15, 0.2) is 109 Å². The van der Waals surface area contributed by atoms with E-state index in [0.717, 1.165) is 44.5 Å². The SMILES string of the molecule is OCCC#Cc1ccc(/C(=C(\c2ccccc2)c2ccc(C#CCCO)cc2)c2ccccc2)cc1. The van der Waals surface area contributed by atoms with Gasteiger partial charge in [0.25, 0.3) is 0 Å². The molecule has 0 saturated heterocycles. The Morgan fingerprint density at radius 1 is 0.444 bits per heavy atom. The van der Waals surface area contributed by atoms with Gasteiger partial charge in [0, 0.05) is 24.0 Å². The normalized spacial score (nSPS) is 10.9. The molecule has 0 unspecified atom stereocenters. The minimum atomic E-state index is 0.0677. The van der Waals surface area contributed by atoms with Crippen LogP contribution in [0.4, 0.5) is 0 Å². The van der Waals surface area contributed by atoms with Gasteiger partial charge in [-0.3, -0.25) is 0 Å². The summed E-state index contributed by atoms with van der Waals surface area (Å²) in [6.07, 6.45) is 0.935. The van der Waals surface area contributed by atoms with Crippen LogP contribution in [-0.4, -0.2) is 23.4 Å². The van der Waals surface area contributed by atoms with E-state index in [4.69, 9.17) is 10.2 Å². The molecule has 4 aromatic carbocycles. The summed E-state index contributed by atoms with van der Waals surface area (Å²) >= 11 is 0. The van der Waals surface area contributed by atoms with Crippen molar-refractivity contribution in [3.05, 3.63) is 143 Å². The van der Waals surface area contributed by atoms with Gasteiger partial charge in [-0.2, -0.15) is 0 Å². The molecule has 0 fully saturated rings. The summed E-state index contributed by atoms with van der Waals surface area (Å²) in [7, 11) is 0. The van der Waals surface area contributed by atoms with Crippen LogP contribution in [0.1, 0.15) is 46.2 Å². The van der Waals surface area contributed by atoms with E-state index < -0.39 is 0 Å². The lowest BCUT2D eigenvalue weighted by Crippen LogP contribution is -1.98. The fraction of sp³-hybridized carbons (Fsp3) is 0.118. The van der Waals surface area contributed by atoms with Crippen molar-refractivity contribution in [2.45, 2.75) is 12.8 Å². The van der Waals surface area contributed by atoms with Gasteiger partial charge in [-0.05, 0) is 57.7 Å². The smallest absolute Gasteiger partial charge is 0.0540 e. The summed E-state index contributed by atoms with van der Waals surface area (Å²) < 4.78 is 0. The van der Waals surface area contributed by atoms with Crippen LogP contribution in [0.25, 0.3) is 11.1 Å². The second kappa shape index (κ2) is 12.9. The van der Waals surface area contributed by atoms with Crippen molar-refractivity contribution in [1.29, 1.82) is 0 Å². The predicted octanol–water partition coefficient (Wildman–Crippen LogP) is 6.16. The number of hydrogen-bond donors (Lipinski definition) is 2. The van der Waals surface area contributed by atoms with E-state index in [-0.39, 0.29) is 13.2 Å². The summed E-state index contributed by atoms with van der Waals surface area (Å²) in [5.74, 6) is 12.2. The van der Waals surface area contributed by atoms with E-state index in [2.05, 4.69) is 96.5 Å². The lowest BCUT2D eigenvalue weighted by Gasteiger charge is -2.18. The van der Waals surface area contributed by atoms with Gasteiger partial charge in [0.2, 0.25) is 0 Å². The van der Waals surface area contributed by atoms with Crippen molar-refractivity contribution in [2.75, 3.05) is 13.2 Å². The number of aliphatic hydroxyl groups excluding tert-OH is 2. The Morgan fingerprint density at radius 3 is 1.11 bits per heavy atom. The molecule has 2 heteroatoms. The number of benzene rings is 4. The van der Waals surface area contributed by atoms with E-state index in [9.17, 15) is 0 Å². The molecular weight excluding hydrogens is 440 g/mol. The van der Waals surface area contributed by atoms with Crippen LogP contribution in [0.3, 0.4) is 0 Å². The lowest BCUT2D eigenvalue weighted by atomic mass is 9.85. The first-order valence-corrected chi connectivity index (χ1v) is 12.1. The van der Waals surface area contributed by atoms with Gasteiger partial charge in [0.05, 0.1) is 13.2 Å². The molecule has 176 valence electrons. The maximum absolute atomic E-state index is 9.01. The maximum atomic E-state index is 9.01. The predicted molar refractivity (Wildman–Crippen MR) is 148 cm³/mol. The lowest BCUT2D eigenvalue weighted by molar-refractivity contribution is 0.304. The topological polar surface area (TPSA) is 40.5 Å². The summed E-state index contributed by atoms with van der Waals surface area (Å²) in [5.41, 5.74) is 8.56. The standard InChI is InChI=1S/C34H28O2/c35-25-9-7-11-27-17-21-31(22-18-27)33(29-13-3-1-4-14-29)34(30-15-5-2-6-16-30)32-23-19-28(20-24-32)12-8-10-26-36/h1-6,13-24,35-36H,9-10,25-26H2/b34-33+. The van der Waals surface area contributed by atoms with Crippen LogP contribution in [0, 0.1) is 23.7 Å². The Balaban J connectivity index is 1.91. The summed E-state index contributed by atoms with van der Waals surface area (Å²) in [5, 5.41) is 18.0. The second-order valence-electron chi connectivity index (χ2n) is 8.19. The number of hydrogen-bond acceptors (Lipinski definition) is 2. The van der Waals surface area contributed by atoms with Crippen LogP contribution < -0.4 is 0 Å². The molecule has 0 amide bonds. The van der Waals surface area contributed by atoms with Gasteiger partial charge < -0.3 is 10.2 Å². The fourth-order valence-electron chi connectivity index (χ4n) is 4.00. The van der Waals surface area contributed by atoms with E-state index in [1.54, 1.807) is 0 Å². The summed E-state index contributed by atoms with van der Waals surface area (Å²) in [4.78, 5) is 0. The largest absolute Gasteiger partial charge is 0.395 e. The minimum absolute atomic E-state index is 0.0677. The zero-order valence-corrected chi connectivity index (χ0v) is 20.1. The zero-order valence-electron chi connectivity index (χ0n) is 20.1. The first kappa shape index (κ1) is 24.8. The zero-order chi connectivity index (χ0) is 25.0. The maximum Gasteiger partial charge on any atom is 0.0540 e. The molecule has 0 aliphatic carbocycles. The van der Waals surface area contributed by atoms with E-state index in [1.165, 1.54) is 0 Å². The van der Waals surface area contributed by atoms with Crippen LogP contribution in [-0.2, 0) is 0 Å². The molecule has 0 aliphatic heterocycles. The average Bonchev–Trinajstić information content (AvgIpc) is 2.94. The fourth-order valence-corrected chi connectivity index (χ4v) is 4.00. The quantitative estimate of drug-likeness (QED) is 0.263. The minimum Gasteiger partial charge on any atom is -0.395 e. The van der Waals surface area contributed by atoms with Gasteiger partial charge >= 0.3 is 0 Å². The highest BCUT2D eigenvalue weighted by Gasteiger charge is 2.16. The third kappa shape index (κ3) is 6.41. The molecule has 4 aromatic rings. The van der Waals surface area contributed by atoms with Crippen molar-refractivity contribution >= 4 is 11.1 Å². The van der Waals surface area contributed by atoms with Crippen molar-refractivity contribution in [1.82, 2.24) is 0 Å². The molecule has 0 bridgehead atoms. The van der Waals surface area contributed by atoms with Crippen LogP contribution in [0.2, 0.25) is 0 Å². The Labute approximate surface area is 213 Å². The molecule has 0 aliphatic rings. The molecule has 0 radical (unpaired) electrons. The monoisotopic (exact) mass is 468 g/mol. The van der Waals surface area contributed by atoms with Gasteiger partial charge in [-0.1, -0.05) is 109 Å². The van der Waals surface area contributed by atoms with Crippen molar-refractivity contribution in [3.63, 3.8) is 0 Å². The van der Waals surface area contributed by atoms with Gasteiger partial charge in [0.15, 0.2) is 0 Å². The highest BCUT2D eigenvalue weighted by atomic mass is 16.3. The van der Waals surface area contributed by atoms with Gasteiger partial charge in [-0.15, -0.1) is 0 Å². The van der Waals surface area contributed by atoms with Crippen LogP contribution in [0.5, 0.6) is 0 Å². The summed E-state index contributed by atoms with van der Waals surface area (Å²) in [6, 6.07) is 37.5. The first-order valence-electron chi connectivity index (χ1n) is 12.1. The van der Waals surface area contributed by atoms with E-state index >= 15 is 0 Å². The molecule has 36 heavy (non-hydrogen) atoms. The van der Waals surface area contributed by atoms with E-state index in [0.29, 0.717) is 12.8 Å². The molecule has 0 spiro atoms. The molecule has 2 nitrogen and oxygen atoms in total. The molecule has 0 heterocycles. The van der Waals surface area contributed by atoms with E-state index in [1.807, 2.05) is 36.4 Å². The number of rotatable bonds is 6. The highest BCUT2D eigenvalue weighted by Crippen LogP contribution is 2.36. The highest BCUT2D eigenvalue weighted by molar-refractivity contribution is 6.04. The average molecular weight is 469 g/mol. The molecule has 0 aromatic heterocycles. The first-order chi connectivity index (χ1) is 17.8. The number of aliphatic hydroxyl groups is 2. The molecule has 0 saturated carbocycles. The second-order valence-corrected chi connectivity index (χ2v) is 8.19.